The Labute approximate surface area is 221 Å². The lowest BCUT2D eigenvalue weighted by Gasteiger charge is -2.34. The Kier molecular flexibility index (Phi) is 8.74. The Morgan fingerprint density at radius 2 is 1.76 bits per heavy atom. The summed E-state index contributed by atoms with van der Waals surface area (Å²) in [6, 6.07) is 15.8. The van der Waals surface area contributed by atoms with Gasteiger partial charge in [0.05, 0.1) is 23.2 Å². The Morgan fingerprint density at radius 3 is 2.38 bits per heavy atom. The first-order chi connectivity index (χ1) is 17.8. The predicted molar refractivity (Wildman–Crippen MR) is 146 cm³/mol. The van der Waals surface area contributed by atoms with Crippen molar-refractivity contribution in [2.45, 2.75) is 45.8 Å². The van der Waals surface area contributed by atoms with Crippen molar-refractivity contribution in [2.24, 2.45) is 0 Å². The number of anilines is 1. The fourth-order valence-electron chi connectivity index (χ4n) is 4.86. The summed E-state index contributed by atoms with van der Waals surface area (Å²) in [5, 5.41) is 7.57. The molecule has 194 valence electrons. The summed E-state index contributed by atoms with van der Waals surface area (Å²) in [5.74, 6) is -0.986. The molecule has 37 heavy (non-hydrogen) atoms. The minimum Gasteiger partial charge on any atom is -0.376 e. The quantitative estimate of drug-likeness (QED) is 0.437. The van der Waals surface area contributed by atoms with Crippen molar-refractivity contribution in [1.82, 2.24) is 10.6 Å². The molecule has 3 amide bonds. The molecule has 0 saturated carbocycles. The molecule has 2 atom stereocenters. The van der Waals surface area contributed by atoms with Gasteiger partial charge in [-0.2, -0.15) is 0 Å². The van der Waals surface area contributed by atoms with Crippen LogP contribution in [-0.2, 0) is 14.3 Å². The topological polar surface area (TPSA) is 87.7 Å². The molecular formula is C29H33N3O4S. The van der Waals surface area contributed by atoms with Crippen LogP contribution in [0.1, 0.15) is 50.8 Å². The van der Waals surface area contributed by atoms with E-state index in [2.05, 4.69) is 10.6 Å². The van der Waals surface area contributed by atoms with Crippen molar-refractivity contribution in [2.75, 3.05) is 24.6 Å². The molecule has 2 N–H and O–H groups in total. The fourth-order valence-corrected chi connectivity index (χ4v) is 5.50. The van der Waals surface area contributed by atoms with Gasteiger partial charge in [-0.1, -0.05) is 54.1 Å². The van der Waals surface area contributed by atoms with Crippen LogP contribution >= 0.6 is 11.3 Å². The highest BCUT2D eigenvalue weighted by Crippen LogP contribution is 2.34. The van der Waals surface area contributed by atoms with Crippen LogP contribution in [0.2, 0.25) is 0 Å². The number of hydrogen-bond acceptors (Lipinski definition) is 5. The molecule has 0 spiro atoms. The SMILES string of the molecule is Cc1cc(C)c(N(C(=O)CNC(=O)c2cccs2)[C@H](C(=O)NC[C@H]2CCCO2)c2ccccc2)c(C)c1. The molecule has 0 aliphatic carbocycles. The van der Waals surface area contributed by atoms with E-state index in [1.807, 2.05) is 68.6 Å². The Bertz CT molecular complexity index is 1210. The number of aryl methyl sites for hydroxylation is 3. The van der Waals surface area contributed by atoms with E-state index in [0.717, 1.165) is 29.5 Å². The van der Waals surface area contributed by atoms with Gasteiger partial charge < -0.3 is 15.4 Å². The third-order valence-electron chi connectivity index (χ3n) is 6.44. The second-order valence-electron chi connectivity index (χ2n) is 9.36. The summed E-state index contributed by atoms with van der Waals surface area (Å²) in [4.78, 5) is 42.4. The number of benzene rings is 2. The molecule has 0 unspecified atom stereocenters. The minimum atomic E-state index is -0.922. The van der Waals surface area contributed by atoms with Crippen molar-refractivity contribution in [3.8, 4) is 0 Å². The second kappa shape index (κ2) is 12.2. The first kappa shape index (κ1) is 26.6. The van der Waals surface area contributed by atoms with E-state index >= 15 is 0 Å². The number of carbonyl (C=O) groups excluding carboxylic acids is 3. The van der Waals surface area contributed by atoms with Gasteiger partial charge in [0.25, 0.3) is 5.91 Å². The van der Waals surface area contributed by atoms with Crippen LogP contribution in [0.3, 0.4) is 0 Å². The first-order valence-corrected chi connectivity index (χ1v) is 13.4. The summed E-state index contributed by atoms with van der Waals surface area (Å²) in [6.45, 7) is 6.70. The number of amides is 3. The monoisotopic (exact) mass is 519 g/mol. The molecule has 0 bridgehead atoms. The number of nitrogens with zero attached hydrogens (tertiary/aromatic N) is 1. The van der Waals surface area contributed by atoms with Crippen molar-refractivity contribution in [3.63, 3.8) is 0 Å². The molecule has 4 rings (SSSR count). The van der Waals surface area contributed by atoms with Gasteiger partial charge >= 0.3 is 0 Å². The predicted octanol–water partition coefficient (Wildman–Crippen LogP) is 4.47. The van der Waals surface area contributed by atoms with Gasteiger partial charge in [0, 0.05) is 13.2 Å². The average Bonchev–Trinajstić information content (AvgIpc) is 3.60. The number of ether oxygens (including phenoxy) is 1. The van der Waals surface area contributed by atoms with E-state index in [4.69, 9.17) is 4.74 Å². The molecule has 2 aromatic carbocycles. The normalized spacial score (nSPS) is 15.7. The van der Waals surface area contributed by atoms with Crippen molar-refractivity contribution in [1.29, 1.82) is 0 Å². The number of nitrogens with one attached hydrogen (secondary N) is 2. The number of hydrogen-bond donors (Lipinski definition) is 2. The van der Waals surface area contributed by atoms with E-state index in [9.17, 15) is 14.4 Å². The highest BCUT2D eigenvalue weighted by Gasteiger charge is 2.35. The molecule has 2 heterocycles. The van der Waals surface area contributed by atoms with Crippen molar-refractivity contribution in [3.05, 3.63) is 87.1 Å². The van der Waals surface area contributed by atoms with E-state index < -0.39 is 6.04 Å². The number of rotatable bonds is 9. The van der Waals surface area contributed by atoms with Gasteiger partial charge in [0.2, 0.25) is 11.8 Å². The summed E-state index contributed by atoms with van der Waals surface area (Å²) < 4.78 is 5.69. The molecule has 1 aliphatic heterocycles. The average molecular weight is 520 g/mol. The first-order valence-electron chi connectivity index (χ1n) is 12.5. The summed E-state index contributed by atoms with van der Waals surface area (Å²) in [5.41, 5.74) is 4.18. The van der Waals surface area contributed by atoms with Crippen LogP contribution in [0.4, 0.5) is 5.69 Å². The molecule has 8 heteroatoms. The standard InChI is InChI=1S/C29H33N3O4S/c1-19-15-20(2)26(21(3)16-19)32(25(33)18-31-28(34)24-12-8-14-37-24)27(22-9-5-4-6-10-22)29(35)30-17-23-11-7-13-36-23/h4-6,8-10,12,14-16,23,27H,7,11,13,17-18H2,1-3H3,(H,30,35)(H,31,34)/t23-,27+/m1/s1. The number of thiophene rings is 1. The van der Waals surface area contributed by atoms with Crippen LogP contribution < -0.4 is 15.5 Å². The summed E-state index contributed by atoms with van der Waals surface area (Å²) in [7, 11) is 0. The maximum atomic E-state index is 13.9. The van der Waals surface area contributed by atoms with Gasteiger partial charge in [0.1, 0.15) is 6.04 Å². The van der Waals surface area contributed by atoms with Crippen molar-refractivity contribution >= 4 is 34.7 Å². The lowest BCUT2D eigenvalue weighted by atomic mass is 9.98. The highest BCUT2D eigenvalue weighted by molar-refractivity contribution is 7.12. The van der Waals surface area contributed by atoms with Crippen LogP contribution in [0.15, 0.2) is 60.0 Å². The maximum absolute atomic E-state index is 13.9. The molecule has 1 fully saturated rings. The summed E-state index contributed by atoms with van der Waals surface area (Å²) in [6.07, 6.45) is 1.83. The van der Waals surface area contributed by atoms with Gasteiger partial charge in [-0.15, -0.1) is 11.3 Å². The molecule has 0 radical (unpaired) electrons. The third kappa shape index (κ3) is 6.45. The molecule has 7 nitrogen and oxygen atoms in total. The Balaban J connectivity index is 1.70. The Morgan fingerprint density at radius 1 is 1.03 bits per heavy atom. The zero-order valence-corrected chi connectivity index (χ0v) is 22.3. The molecular weight excluding hydrogens is 486 g/mol. The van der Waals surface area contributed by atoms with Gasteiger partial charge in [-0.25, -0.2) is 0 Å². The smallest absolute Gasteiger partial charge is 0.261 e. The van der Waals surface area contributed by atoms with Crippen LogP contribution in [0.5, 0.6) is 0 Å². The van der Waals surface area contributed by atoms with Gasteiger partial charge in [-0.05, 0) is 61.7 Å². The summed E-state index contributed by atoms with van der Waals surface area (Å²) >= 11 is 1.31. The van der Waals surface area contributed by atoms with Crippen LogP contribution in [0.25, 0.3) is 0 Å². The van der Waals surface area contributed by atoms with E-state index in [1.54, 1.807) is 17.0 Å². The van der Waals surface area contributed by atoms with E-state index in [-0.39, 0.29) is 30.4 Å². The van der Waals surface area contributed by atoms with E-state index in [1.165, 1.54) is 11.3 Å². The van der Waals surface area contributed by atoms with Gasteiger partial charge in [-0.3, -0.25) is 19.3 Å². The highest BCUT2D eigenvalue weighted by atomic mass is 32.1. The second-order valence-corrected chi connectivity index (χ2v) is 10.3. The maximum Gasteiger partial charge on any atom is 0.261 e. The fraction of sp³-hybridized carbons (Fsp3) is 0.345. The lowest BCUT2D eigenvalue weighted by molar-refractivity contribution is -0.126. The van der Waals surface area contributed by atoms with Crippen molar-refractivity contribution < 1.29 is 19.1 Å². The molecule has 1 aliphatic rings. The van der Waals surface area contributed by atoms with Crippen LogP contribution in [-0.4, -0.2) is 43.5 Å². The molecule has 1 saturated heterocycles. The largest absolute Gasteiger partial charge is 0.376 e. The van der Waals surface area contributed by atoms with Crippen LogP contribution in [0, 0.1) is 20.8 Å². The lowest BCUT2D eigenvalue weighted by Crippen LogP contribution is -2.49. The minimum absolute atomic E-state index is 0.0301. The Hall–Kier alpha value is -3.49. The molecule has 1 aromatic heterocycles. The zero-order chi connectivity index (χ0) is 26.4. The molecule has 3 aromatic rings. The zero-order valence-electron chi connectivity index (χ0n) is 21.5. The third-order valence-corrected chi connectivity index (χ3v) is 7.31. The van der Waals surface area contributed by atoms with E-state index in [0.29, 0.717) is 29.3 Å². The number of carbonyl (C=O) groups is 3. The van der Waals surface area contributed by atoms with Gasteiger partial charge in [0.15, 0.2) is 0 Å².